The predicted octanol–water partition coefficient (Wildman–Crippen LogP) is 3.32. The van der Waals surface area contributed by atoms with Gasteiger partial charge in [0, 0.05) is 6.04 Å². The average molecular weight is 274 g/mol. The van der Waals surface area contributed by atoms with E-state index in [9.17, 15) is 4.39 Å². The summed E-state index contributed by atoms with van der Waals surface area (Å²) in [6, 6.07) is 4.77. The van der Waals surface area contributed by atoms with E-state index in [1.807, 2.05) is 6.92 Å². The second-order valence-corrected chi connectivity index (χ2v) is 4.88. The van der Waals surface area contributed by atoms with E-state index in [0.717, 1.165) is 24.3 Å². The van der Waals surface area contributed by atoms with Gasteiger partial charge >= 0.3 is 0 Å². The molecular weight excluding hydrogens is 253 g/mol. The van der Waals surface area contributed by atoms with Crippen LogP contribution in [-0.4, -0.2) is 12.6 Å². The van der Waals surface area contributed by atoms with E-state index in [-0.39, 0.29) is 24.3 Å². The zero-order valence-electron chi connectivity index (χ0n) is 10.7. The molecule has 0 radical (unpaired) electrons. The summed E-state index contributed by atoms with van der Waals surface area (Å²) in [5.41, 5.74) is 6.80. The van der Waals surface area contributed by atoms with E-state index in [2.05, 4.69) is 0 Å². The summed E-state index contributed by atoms with van der Waals surface area (Å²) >= 11 is 0. The Morgan fingerprint density at radius 3 is 2.78 bits per heavy atom. The standard InChI is InChI=1S/C14H20FNO.ClH/c1-2-13(16)8-11-7-12(15)5-6-14(11)17-9-10-3-4-10;/h5-7,10,13H,2-4,8-9,16H2,1H3;1H. The molecule has 1 fully saturated rings. The monoisotopic (exact) mass is 273 g/mol. The van der Waals surface area contributed by atoms with Crippen LogP contribution in [0.25, 0.3) is 0 Å². The van der Waals surface area contributed by atoms with E-state index < -0.39 is 0 Å². The molecule has 4 heteroatoms. The number of hydrogen-bond donors (Lipinski definition) is 1. The molecule has 0 spiro atoms. The van der Waals surface area contributed by atoms with Crippen molar-refractivity contribution in [2.24, 2.45) is 11.7 Å². The zero-order chi connectivity index (χ0) is 12.3. The fourth-order valence-corrected chi connectivity index (χ4v) is 1.77. The lowest BCUT2D eigenvalue weighted by Crippen LogP contribution is -2.22. The molecular formula is C14H21ClFNO. The van der Waals surface area contributed by atoms with Crippen LogP contribution in [0.1, 0.15) is 31.7 Å². The molecule has 2 rings (SSSR count). The molecule has 0 bridgehead atoms. The first-order valence-corrected chi connectivity index (χ1v) is 6.36. The molecule has 0 aromatic heterocycles. The average Bonchev–Trinajstić information content (AvgIpc) is 3.12. The number of benzene rings is 1. The normalized spacial score (nSPS) is 15.9. The lowest BCUT2D eigenvalue weighted by atomic mass is 10.0. The van der Waals surface area contributed by atoms with Gasteiger partial charge in [0.2, 0.25) is 0 Å². The summed E-state index contributed by atoms with van der Waals surface area (Å²) in [6.07, 6.45) is 4.07. The third-order valence-corrected chi connectivity index (χ3v) is 3.20. The number of ether oxygens (including phenoxy) is 1. The molecule has 0 saturated heterocycles. The van der Waals surface area contributed by atoms with Crippen molar-refractivity contribution < 1.29 is 9.13 Å². The van der Waals surface area contributed by atoms with Crippen LogP contribution < -0.4 is 10.5 Å². The molecule has 18 heavy (non-hydrogen) atoms. The molecule has 1 aromatic carbocycles. The van der Waals surface area contributed by atoms with Crippen molar-refractivity contribution in [1.29, 1.82) is 0 Å². The quantitative estimate of drug-likeness (QED) is 0.863. The summed E-state index contributed by atoms with van der Waals surface area (Å²) in [7, 11) is 0. The molecule has 1 aromatic rings. The molecule has 1 aliphatic rings. The highest BCUT2D eigenvalue weighted by Gasteiger charge is 2.22. The predicted molar refractivity (Wildman–Crippen MR) is 73.8 cm³/mol. The van der Waals surface area contributed by atoms with Crippen LogP contribution in [0.5, 0.6) is 5.75 Å². The van der Waals surface area contributed by atoms with E-state index in [4.69, 9.17) is 10.5 Å². The molecule has 0 aliphatic heterocycles. The van der Waals surface area contributed by atoms with E-state index in [1.54, 1.807) is 6.07 Å². The van der Waals surface area contributed by atoms with Gasteiger partial charge in [-0.1, -0.05) is 6.92 Å². The second-order valence-electron chi connectivity index (χ2n) is 4.88. The van der Waals surface area contributed by atoms with Crippen LogP contribution in [-0.2, 0) is 6.42 Å². The number of halogens is 2. The van der Waals surface area contributed by atoms with Crippen molar-refractivity contribution in [2.45, 2.75) is 38.6 Å². The van der Waals surface area contributed by atoms with Gasteiger partial charge in [-0.05, 0) is 55.4 Å². The maximum atomic E-state index is 13.2. The number of rotatable bonds is 6. The fourth-order valence-electron chi connectivity index (χ4n) is 1.77. The van der Waals surface area contributed by atoms with Crippen LogP contribution in [0.3, 0.4) is 0 Å². The minimum absolute atomic E-state index is 0. The summed E-state index contributed by atoms with van der Waals surface area (Å²) in [5, 5.41) is 0. The Morgan fingerprint density at radius 2 is 2.17 bits per heavy atom. The smallest absolute Gasteiger partial charge is 0.123 e. The minimum Gasteiger partial charge on any atom is -0.493 e. The topological polar surface area (TPSA) is 35.2 Å². The molecule has 2 nitrogen and oxygen atoms in total. The zero-order valence-corrected chi connectivity index (χ0v) is 11.5. The van der Waals surface area contributed by atoms with Gasteiger partial charge in [0.15, 0.2) is 0 Å². The van der Waals surface area contributed by atoms with Gasteiger partial charge in [-0.3, -0.25) is 0 Å². The van der Waals surface area contributed by atoms with E-state index >= 15 is 0 Å². The van der Waals surface area contributed by atoms with Crippen molar-refractivity contribution in [3.63, 3.8) is 0 Å². The van der Waals surface area contributed by atoms with Crippen molar-refractivity contribution in [1.82, 2.24) is 0 Å². The van der Waals surface area contributed by atoms with Crippen LogP contribution in [0, 0.1) is 11.7 Å². The largest absolute Gasteiger partial charge is 0.493 e. The third kappa shape index (κ3) is 4.46. The maximum absolute atomic E-state index is 13.2. The lowest BCUT2D eigenvalue weighted by molar-refractivity contribution is 0.295. The van der Waals surface area contributed by atoms with Crippen molar-refractivity contribution in [2.75, 3.05) is 6.61 Å². The fraction of sp³-hybridized carbons (Fsp3) is 0.571. The summed E-state index contributed by atoms with van der Waals surface area (Å²) < 4.78 is 19.0. The summed E-state index contributed by atoms with van der Waals surface area (Å²) in [5.74, 6) is 1.28. The third-order valence-electron chi connectivity index (χ3n) is 3.20. The van der Waals surface area contributed by atoms with Gasteiger partial charge in [-0.2, -0.15) is 0 Å². The van der Waals surface area contributed by atoms with E-state index in [0.29, 0.717) is 12.3 Å². The van der Waals surface area contributed by atoms with Crippen molar-refractivity contribution in [3.05, 3.63) is 29.6 Å². The van der Waals surface area contributed by atoms with Gasteiger partial charge in [-0.15, -0.1) is 12.4 Å². The maximum Gasteiger partial charge on any atom is 0.123 e. The highest BCUT2D eigenvalue weighted by Crippen LogP contribution is 2.30. The Morgan fingerprint density at radius 1 is 1.44 bits per heavy atom. The summed E-state index contributed by atoms with van der Waals surface area (Å²) in [6.45, 7) is 2.79. The first kappa shape index (κ1) is 15.3. The molecule has 2 N–H and O–H groups in total. The lowest BCUT2D eigenvalue weighted by Gasteiger charge is -2.14. The Balaban J connectivity index is 0.00000162. The second kappa shape index (κ2) is 6.95. The number of nitrogens with two attached hydrogens (primary N) is 1. The minimum atomic E-state index is -0.220. The van der Waals surface area contributed by atoms with Gasteiger partial charge in [0.1, 0.15) is 11.6 Å². The van der Waals surface area contributed by atoms with Gasteiger partial charge in [0.05, 0.1) is 6.61 Å². The van der Waals surface area contributed by atoms with E-state index in [1.165, 1.54) is 25.0 Å². The molecule has 1 saturated carbocycles. The van der Waals surface area contributed by atoms with Crippen LogP contribution >= 0.6 is 12.4 Å². The van der Waals surface area contributed by atoms with Crippen LogP contribution in [0.4, 0.5) is 4.39 Å². The molecule has 1 unspecified atom stereocenters. The van der Waals surface area contributed by atoms with Crippen LogP contribution in [0.15, 0.2) is 18.2 Å². The van der Waals surface area contributed by atoms with Gasteiger partial charge < -0.3 is 10.5 Å². The molecule has 102 valence electrons. The molecule has 1 atom stereocenters. The van der Waals surface area contributed by atoms with Crippen molar-refractivity contribution in [3.8, 4) is 5.75 Å². The Hall–Kier alpha value is -0.800. The van der Waals surface area contributed by atoms with Crippen LogP contribution in [0.2, 0.25) is 0 Å². The first-order valence-electron chi connectivity index (χ1n) is 6.36. The SMILES string of the molecule is CCC(N)Cc1cc(F)ccc1OCC1CC1.Cl. The Labute approximate surface area is 114 Å². The summed E-state index contributed by atoms with van der Waals surface area (Å²) in [4.78, 5) is 0. The van der Waals surface area contributed by atoms with Crippen molar-refractivity contribution >= 4 is 12.4 Å². The van der Waals surface area contributed by atoms with Gasteiger partial charge in [0.25, 0.3) is 0 Å². The first-order chi connectivity index (χ1) is 8.19. The molecule has 0 amide bonds. The number of hydrogen-bond acceptors (Lipinski definition) is 2. The Kier molecular flexibility index (Phi) is 5.89. The molecule has 1 aliphatic carbocycles. The van der Waals surface area contributed by atoms with Gasteiger partial charge in [-0.25, -0.2) is 4.39 Å². The molecule has 0 heterocycles. The Bertz CT molecular complexity index is 382. The highest BCUT2D eigenvalue weighted by atomic mass is 35.5. The highest BCUT2D eigenvalue weighted by molar-refractivity contribution is 5.85.